The molecule has 0 aromatic carbocycles. The zero-order valence-corrected chi connectivity index (χ0v) is 38.8. The summed E-state index contributed by atoms with van der Waals surface area (Å²) in [6.45, 7) is 12.0. The molecule has 18 nitrogen and oxygen atoms in total. The molecule has 4 rings (SSSR count). The zero-order chi connectivity index (χ0) is 46.9. The van der Waals surface area contributed by atoms with E-state index >= 15 is 0 Å². The summed E-state index contributed by atoms with van der Waals surface area (Å²) in [4.78, 5) is 41.2. The first-order valence-corrected chi connectivity index (χ1v) is 22.2. The highest BCUT2D eigenvalue weighted by atomic mass is 16.7. The fourth-order valence-electron chi connectivity index (χ4n) is 9.22. The van der Waals surface area contributed by atoms with Gasteiger partial charge >= 0.3 is 5.97 Å². The van der Waals surface area contributed by atoms with Crippen LogP contribution < -0.4 is 0 Å². The van der Waals surface area contributed by atoms with Crippen molar-refractivity contribution in [1.82, 2.24) is 4.90 Å². The van der Waals surface area contributed by atoms with E-state index in [4.69, 9.17) is 42.6 Å². The number of carbonyl (C=O) groups is 3. The summed E-state index contributed by atoms with van der Waals surface area (Å²) in [6.07, 6.45) is -8.49. The average molecular weight is 902 g/mol. The number of hydrogen-bond donors (Lipinski definition) is 5. The van der Waals surface area contributed by atoms with Crippen LogP contribution in [0.15, 0.2) is 23.8 Å². The molecular formula is C45H75NO17. The second-order valence-electron chi connectivity index (χ2n) is 18.3. The van der Waals surface area contributed by atoms with Gasteiger partial charge < -0.3 is 77.9 Å². The highest BCUT2D eigenvalue weighted by Gasteiger charge is 2.51. The third kappa shape index (κ3) is 13.9. The van der Waals surface area contributed by atoms with Crippen molar-refractivity contribution >= 4 is 18.0 Å². The van der Waals surface area contributed by atoms with Gasteiger partial charge in [-0.05, 0) is 73.5 Å². The molecule has 0 aromatic heterocycles. The number of allylic oxidation sites excluding steroid dienone is 3. The lowest BCUT2D eigenvalue weighted by Gasteiger charge is -2.49. The Kier molecular flexibility index (Phi) is 20.3. The second-order valence-corrected chi connectivity index (χ2v) is 18.3. The molecule has 0 spiro atoms. The number of methoxy groups -OCH3 is 2. The molecule has 4 aliphatic heterocycles. The highest BCUT2D eigenvalue weighted by molar-refractivity contribution is 5.91. The van der Waals surface area contributed by atoms with Crippen LogP contribution >= 0.6 is 0 Å². The fraction of sp³-hybridized carbons (Fsp3) is 0.844. The van der Waals surface area contributed by atoms with Crippen LogP contribution in [0.4, 0.5) is 0 Å². The van der Waals surface area contributed by atoms with E-state index in [0.717, 1.165) is 0 Å². The molecule has 362 valence electrons. The van der Waals surface area contributed by atoms with Gasteiger partial charge in [-0.1, -0.05) is 31.6 Å². The molecule has 3 saturated heterocycles. The molecule has 4 aliphatic rings. The van der Waals surface area contributed by atoms with E-state index in [9.17, 15) is 39.9 Å². The van der Waals surface area contributed by atoms with E-state index in [1.165, 1.54) is 27.2 Å². The van der Waals surface area contributed by atoms with Gasteiger partial charge in [-0.25, -0.2) is 0 Å². The van der Waals surface area contributed by atoms with Crippen molar-refractivity contribution in [3.8, 4) is 0 Å². The summed E-state index contributed by atoms with van der Waals surface area (Å²) in [6, 6.07) is -0.739. The molecule has 4 heterocycles. The monoisotopic (exact) mass is 902 g/mol. The summed E-state index contributed by atoms with van der Waals surface area (Å²) < 4.78 is 54.4. The van der Waals surface area contributed by atoms with E-state index in [2.05, 4.69) is 0 Å². The number of aliphatic hydroxyl groups is 5. The third-order valence-corrected chi connectivity index (χ3v) is 12.9. The van der Waals surface area contributed by atoms with E-state index in [1.807, 2.05) is 13.0 Å². The Bertz CT molecular complexity index is 1530. The number of rotatable bonds is 13. The predicted molar refractivity (Wildman–Crippen MR) is 226 cm³/mol. The lowest BCUT2D eigenvalue weighted by atomic mass is 9.84. The number of carbonyl (C=O) groups excluding carboxylic acids is 3. The van der Waals surface area contributed by atoms with Crippen molar-refractivity contribution in [2.45, 2.75) is 191 Å². The Morgan fingerprint density at radius 2 is 1.54 bits per heavy atom. The van der Waals surface area contributed by atoms with Gasteiger partial charge in [0.2, 0.25) is 0 Å². The molecule has 0 radical (unpaired) electrons. The average Bonchev–Trinajstić information content (AvgIpc) is 3.21. The van der Waals surface area contributed by atoms with Crippen LogP contribution in [0.2, 0.25) is 0 Å². The van der Waals surface area contributed by atoms with Gasteiger partial charge in [0.05, 0.1) is 55.2 Å². The maximum absolute atomic E-state index is 13.6. The molecule has 0 aliphatic carbocycles. The van der Waals surface area contributed by atoms with Gasteiger partial charge in [0.15, 0.2) is 24.7 Å². The number of nitrogens with zero attached hydrogens (tertiary/aromatic N) is 1. The Hall–Kier alpha value is -2.27. The Morgan fingerprint density at radius 1 is 0.873 bits per heavy atom. The number of ketones is 1. The zero-order valence-electron chi connectivity index (χ0n) is 38.8. The SMILES string of the molecule is CC[C@H]1OC(=O)C[C@@H](O)C[C@@H](OC2OC(C)[C@H](O[C@H]3CC(C)(O)C(O)[C@@H](C)O3)[C@H](N(C)C)[C@@H]2O)[C@@H](CC=O)C[C@@H](C)C(=O)/C=C/C(C)=C/[C@@H]1CO[C@@H]1OC(C)[C@H](O)[C@H](OC)C1OC. The number of hydrogen-bond acceptors (Lipinski definition) is 18. The maximum Gasteiger partial charge on any atom is 0.308 e. The quantitative estimate of drug-likeness (QED) is 0.130. The van der Waals surface area contributed by atoms with E-state index in [1.54, 1.807) is 59.7 Å². The molecular weight excluding hydrogens is 826 g/mol. The van der Waals surface area contributed by atoms with Crippen LogP contribution in [0.5, 0.6) is 0 Å². The van der Waals surface area contributed by atoms with Crippen LogP contribution in [0, 0.1) is 17.8 Å². The predicted octanol–water partition coefficient (Wildman–Crippen LogP) is 1.59. The smallest absolute Gasteiger partial charge is 0.308 e. The minimum atomic E-state index is -1.49. The maximum atomic E-state index is 13.6. The summed E-state index contributed by atoms with van der Waals surface area (Å²) in [5.41, 5.74) is -0.801. The minimum absolute atomic E-state index is 0.00431. The Balaban J connectivity index is 1.58. The van der Waals surface area contributed by atoms with Gasteiger partial charge in [-0.15, -0.1) is 0 Å². The summed E-state index contributed by atoms with van der Waals surface area (Å²) >= 11 is 0. The molecule has 20 atom stereocenters. The lowest BCUT2D eigenvalue weighted by molar-refractivity contribution is -0.339. The highest BCUT2D eigenvalue weighted by Crippen LogP contribution is 2.36. The number of aldehydes is 1. The van der Waals surface area contributed by atoms with Gasteiger partial charge in [-0.3, -0.25) is 9.59 Å². The van der Waals surface area contributed by atoms with Crippen LogP contribution in [-0.2, 0) is 57.0 Å². The van der Waals surface area contributed by atoms with Crippen molar-refractivity contribution in [1.29, 1.82) is 0 Å². The standard InChI is InChI=1S/C45H75NO17/c1-12-32-29(22-57-44-41(56-11)40(55-10)37(51)25(4)59-44)17-23(2)13-14-31(49)24(3)18-28(15-16-47)33(19-30(48)20-34(50)61-32)62-43-38(52)36(46(8)9)39(26(5)60-43)63-35-21-45(7,54)42(53)27(6)58-35/h13-14,16-17,24-30,32-33,35-44,48,51-54H,12,15,18-22H2,1-11H3/b14-13+,23-17+/t24-,25?,26?,27-,28+,29-,30+,32-,33-,35+,36-,37+,38+,39+,40+,41?,42?,43?,44-,45?/m1/s1. The number of esters is 1. The molecule has 18 heteroatoms. The molecule has 5 N–H and O–H groups in total. The molecule has 6 unspecified atom stereocenters. The molecule has 0 amide bonds. The lowest BCUT2D eigenvalue weighted by Crippen LogP contribution is -2.65. The topological polar surface area (TPSA) is 239 Å². The summed E-state index contributed by atoms with van der Waals surface area (Å²) in [7, 11) is 6.43. The Morgan fingerprint density at radius 3 is 2.14 bits per heavy atom. The molecule has 0 bridgehead atoms. The third-order valence-electron chi connectivity index (χ3n) is 12.9. The van der Waals surface area contributed by atoms with Gasteiger partial charge in [0.25, 0.3) is 0 Å². The van der Waals surface area contributed by atoms with E-state index in [-0.39, 0.29) is 38.1 Å². The second kappa shape index (κ2) is 24.0. The summed E-state index contributed by atoms with van der Waals surface area (Å²) in [5, 5.41) is 55.4. The van der Waals surface area contributed by atoms with Gasteiger partial charge in [0.1, 0.15) is 49.0 Å². The summed E-state index contributed by atoms with van der Waals surface area (Å²) in [5.74, 6) is -2.69. The molecule has 63 heavy (non-hydrogen) atoms. The first kappa shape index (κ1) is 53.3. The van der Waals surface area contributed by atoms with Gasteiger partial charge in [-0.2, -0.15) is 0 Å². The molecule has 0 aromatic rings. The van der Waals surface area contributed by atoms with Crippen LogP contribution in [-0.4, -0.2) is 187 Å². The molecule has 0 saturated carbocycles. The van der Waals surface area contributed by atoms with Crippen molar-refractivity contribution < 1.29 is 82.5 Å². The Labute approximate surface area is 372 Å². The van der Waals surface area contributed by atoms with Crippen molar-refractivity contribution in [3.05, 3.63) is 23.8 Å². The molecule has 3 fully saturated rings. The van der Waals surface area contributed by atoms with Crippen LogP contribution in [0.3, 0.4) is 0 Å². The minimum Gasteiger partial charge on any atom is -0.462 e. The fourth-order valence-corrected chi connectivity index (χ4v) is 9.22. The van der Waals surface area contributed by atoms with Crippen molar-refractivity contribution in [2.75, 3.05) is 34.9 Å². The largest absolute Gasteiger partial charge is 0.462 e. The van der Waals surface area contributed by atoms with E-state index in [0.29, 0.717) is 18.3 Å². The number of cyclic esters (lactones) is 1. The first-order valence-electron chi connectivity index (χ1n) is 22.2. The number of ether oxygens (including phenoxy) is 9. The van der Waals surface area contributed by atoms with Crippen LogP contribution in [0.25, 0.3) is 0 Å². The number of aliphatic hydroxyl groups excluding tert-OH is 4. The van der Waals surface area contributed by atoms with Crippen LogP contribution in [0.1, 0.15) is 87.0 Å². The van der Waals surface area contributed by atoms with E-state index < -0.39 is 134 Å². The van der Waals surface area contributed by atoms with Gasteiger partial charge in [0, 0.05) is 45.3 Å². The first-order chi connectivity index (χ1) is 29.6. The number of likely N-dealkylation sites (N-methyl/N-ethyl adjacent to an activating group) is 1. The van der Waals surface area contributed by atoms with Crippen molar-refractivity contribution in [2.24, 2.45) is 17.8 Å². The van der Waals surface area contributed by atoms with Crippen molar-refractivity contribution in [3.63, 3.8) is 0 Å². The normalized spacial score (nSPS) is 45.3.